The van der Waals surface area contributed by atoms with Gasteiger partial charge in [-0.3, -0.25) is 14.5 Å². The molecule has 2 N–H and O–H groups in total. The minimum atomic E-state index is -0.450. The highest BCUT2D eigenvalue weighted by Gasteiger charge is 2.20. The molecule has 0 saturated carbocycles. The van der Waals surface area contributed by atoms with Crippen LogP contribution >= 0.6 is 35.2 Å². The zero-order valence-corrected chi connectivity index (χ0v) is 15.9. The Morgan fingerprint density at radius 1 is 1.40 bits per heavy atom. The second-order valence-corrected chi connectivity index (χ2v) is 7.31. The third-order valence-corrected chi connectivity index (χ3v) is 5.24. The molecule has 1 amide bonds. The Labute approximate surface area is 159 Å². The molecule has 1 atom stereocenters. The summed E-state index contributed by atoms with van der Waals surface area (Å²) < 4.78 is 2.18. The maximum absolute atomic E-state index is 12.5. The van der Waals surface area contributed by atoms with Crippen LogP contribution in [0.5, 0.6) is 0 Å². The molecular formula is C17H17ClN4OS2. The molecule has 5 nitrogen and oxygen atoms in total. The summed E-state index contributed by atoms with van der Waals surface area (Å²) in [6.07, 6.45) is 0.740. The number of aromatic nitrogens is 3. The summed E-state index contributed by atoms with van der Waals surface area (Å²) in [5, 5.41) is 12.7. The van der Waals surface area contributed by atoms with Gasteiger partial charge in [-0.1, -0.05) is 29.8 Å². The molecule has 2 heterocycles. The first-order valence-corrected chi connectivity index (χ1v) is 9.46. The van der Waals surface area contributed by atoms with Crippen molar-refractivity contribution in [1.82, 2.24) is 20.1 Å². The van der Waals surface area contributed by atoms with E-state index in [0.29, 0.717) is 22.2 Å². The average molecular weight is 393 g/mol. The van der Waals surface area contributed by atoms with Crippen LogP contribution in [-0.2, 0) is 11.2 Å². The van der Waals surface area contributed by atoms with Gasteiger partial charge in [-0.25, -0.2) is 0 Å². The lowest BCUT2D eigenvalue weighted by molar-refractivity contribution is -0.123. The number of nitrogens with zero attached hydrogens (tertiary/aromatic N) is 2. The summed E-state index contributed by atoms with van der Waals surface area (Å²) in [6, 6.07) is 11.1. The second-order valence-electron chi connectivity index (χ2n) is 5.54. The highest BCUT2D eigenvalue weighted by molar-refractivity contribution is 7.71. The molecule has 8 heteroatoms. The predicted molar refractivity (Wildman–Crippen MR) is 104 cm³/mol. The van der Waals surface area contributed by atoms with Crippen molar-refractivity contribution in [3.63, 3.8) is 0 Å². The van der Waals surface area contributed by atoms with Crippen LogP contribution in [0.3, 0.4) is 0 Å². The van der Waals surface area contributed by atoms with Gasteiger partial charge in [-0.15, -0.1) is 11.3 Å². The normalized spacial score (nSPS) is 12.1. The third-order valence-electron chi connectivity index (χ3n) is 3.84. The smallest absolute Gasteiger partial charge is 0.242 e. The van der Waals surface area contributed by atoms with Crippen molar-refractivity contribution in [3.8, 4) is 10.7 Å². The number of rotatable bonds is 6. The van der Waals surface area contributed by atoms with Gasteiger partial charge in [-0.2, -0.15) is 5.10 Å². The molecule has 0 radical (unpaired) electrons. The van der Waals surface area contributed by atoms with Gasteiger partial charge in [0.05, 0.1) is 4.88 Å². The molecular weight excluding hydrogens is 376 g/mol. The fourth-order valence-electron chi connectivity index (χ4n) is 2.49. The Balaban J connectivity index is 1.66. The molecule has 0 spiro atoms. The van der Waals surface area contributed by atoms with E-state index in [1.165, 1.54) is 0 Å². The van der Waals surface area contributed by atoms with E-state index in [4.69, 9.17) is 23.8 Å². The van der Waals surface area contributed by atoms with E-state index in [9.17, 15) is 4.79 Å². The number of halogens is 1. The maximum Gasteiger partial charge on any atom is 0.242 e. The third kappa shape index (κ3) is 4.18. The fraction of sp³-hybridized carbons (Fsp3) is 0.235. The van der Waals surface area contributed by atoms with Crippen LogP contribution in [0.25, 0.3) is 10.7 Å². The molecule has 0 bridgehead atoms. The Bertz CT molecular complexity index is 900. The minimum Gasteiger partial charge on any atom is -0.354 e. The molecule has 3 aromatic rings. The minimum absolute atomic E-state index is 0.0933. The van der Waals surface area contributed by atoms with E-state index < -0.39 is 6.04 Å². The van der Waals surface area contributed by atoms with Crippen LogP contribution in [-0.4, -0.2) is 27.2 Å². The van der Waals surface area contributed by atoms with Gasteiger partial charge in [0.1, 0.15) is 6.04 Å². The van der Waals surface area contributed by atoms with Gasteiger partial charge < -0.3 is 5.32 Å². The van der Waals surface area contributed by atoms with E-state index in [-0.39, 0.29) is 5.91 Å². The van der Waals surface area contributed by atoms with Gasteiger partial charge >= 0.3 is 0 Å². The molecule has 0 aliphatic heterocycles. The molecule has 2 aromatic heterocycles. The molecule has 130 valence electrons. The van der Waals surface area contributed by atoms with Gasteiger partial charge in [0, 0.05) is 11.6 Å². The molecule has 3 rings (SSSR count). The number of carbonyl (C=O) groups is 1. The number of benzene rings is 1. The summed E-state index contributed by atoms with van der Waals surface area (Å²) >= 11 is 12.7. The molecule has 0 saturated heterocycles. The first-order valence-electron chi connectivity index (χ1n) is 7.79. The van der Waals surface area contributed by atoms with Crippen LogP contribution in [0.2, 0.25) is 5.02 Å². The second kappa shape index (κ2) is 7.95. The molecule has 1 unspecified atom stereocenters. The monoisotopic (exact) mass is 392 g/mol. The van der Waals surface area contributed by atoms with Crippen molar-refractivity contribution in [1.29, 1.82) is 0 Å². The first kappa shape index (κ1) is 17.8. The van der Waals surface area contributed by atoms with Crippen molar-refractivity contribution in [2.45, 2.75) is 19.4 Å². The van der Waals surface area contributed by atoms with Crippen LogP contribution in [0.15, 0.2) is 41.8 Å². The highest BCUT2D eigenvalue weighted by atomic mass is 35.5. The lowest BCUT2D eigenvalue weighted by Crippen LogP contribution is -2.32. The van der Waals surface area contributed by atoms with Crippen molar-refractivity contribution >= 4 is 41.1 Å². The molecule has 1 aromatic carbocycles. The maximum atomic E-state index is 12.5. The molecule has 25 heavy (non-hydrogen) atoms. The first-order chi connectivity index (χ1) is 12.1. The van der Waals surface area contributed by atoms with Gasteiger partial charge in [-0.05, 0) is 54.7 Å². The van der Waals surface area contributed by atoms with E-state index in [2.05, 4.69) is 15.5 Å². The summed E-state index contributed by atoms with van der Waals surface area (Å²) in [5.74, 6) is 0.588. The van der Waals surface area contributed by atoms with Crippen LogP contribution in [0.4, 0.5) is 0 Å². The lowest BCUT2D eigenvalue weighted by atomic mass is 10.1. The molecule has 0 aliphatic carbocycles. The number of nitrogens with one attached hydrogen (secondary N) is 2. The number of hydrogen-bond donors (Lipinski definition) is 2. The predicted octanol–water partition coefficient (Wildman–Crippen LogP) is 4.24. The number of H-pyrrole nitrogens is 1. The number of aromatic amines is 1. The van der Waals surface area contributed by atoms with E-state index in [1.807, 2.05) is 48.7 Å². The van der Waals surface area contributed by atoms with Crippen molar-refractivity contribution < 1.29 is 4.79 Å². The average Bonchev–Trinajstić information content (AvgIpc) is 3.25. The zero-order chi connectivity index (χ0) is 17.8. The Morgan fingerprint density at radius 2 is 2.16 bits per heavy atom. The van der Waals surface area contributed by atoms with Gasteiger partial charge in [0.25, 0.3) is 0 Å². The van der Waals surface area contributed by atoms with Crippen LogP contribution < -0.4 is 5.32 Å². The molecule has 0 fully saturated rings. The van der Waals surface area contributed by atoms with Gasteiger partial charge in [0.2, 0.25) is 5.91 Å². The summed E-state index contributed by atoms with van der Waals surface area (Å²) in [6.45, 7) is 2.37. The highest BCUT2D eigenvalue weighted by Crippen LogP contribution is 2.25. The Kier molecular flexibility index (Phi) is 5.67. The number of hydrogen-bond acceptors (Lipinski definition) is 4. The summed E-state index contributed by atoms with van der Waals surface area (Å²) in [7, 11) is 0. The van der Waals surface area contributed by atoms with Crippen molar-refractivity contribution in [3.05, 3.63) is 57.1 Å². The van der Waals surface area contributed by atoms with Crippen LogP contribution in [0, 0.1) is 4.77 Å². The van der Waals surface area contributed by atoms with Crippen molar-refractivity contribution in [2.75, 3.05) is 6.54 Å². The lowest BCUT2D eigenvalue weighted by Gasteiger charge is -2.15. The van der Waals surface area contributed by atoms with E-state index >= 15 is 0 Å². The van der Waals surface area contributed by atoms with Crippen LogP contribution in [0.1, 0.15) is 18.5 Å². The zero-order valence-electron chi connectivity index (χ0n) is 13.5. The standard InChI is InChI=1S/C17H17ClN4OS2/c1-11(16(23)19-9-8-12-4-6-13(18)7-5-12)22-15(20-21-17(22)24)14-3-2-10-25-14/h2-7,10-11H,8-9H2,1H3,(H,19,23)(H,21,24). The Hall–Kier alpha value is -1.96. The largest absolute Gasteiger partial charge is 0.354 e. The summed E-state index contributed by atoms with van der Waals surface area (Å²) in [5.41, 5.74) is 1.12. The molecule has 0 aliphatic rings. The fourth-order valence-corrected chi connectivity index (χ4v) is 3.62. The number of amides is 1. The quantitative estimate of drug-likeness (QED) is 0.616. The number of carbonyl (C=O) groups excluding carboxylic acids is 1. The topological polar surface area (TPSA) is 62.7 Å². The van der Waals surface area contributed by atoms with Crippen molar-refractivity contribution in [2.24, 2.45) is 0 Å². The number of thiophene rings is 1. The summed E-state index contributed by atoms with van der Waals surface area (Å²) in [4.78, 5) is 13.5. The van der Waals surface area contributed by atoms with E-state index in [0.717, 1.165) is 16.9 Å². The van der Waals surface area contributed by atoms with Gasteiger partial charge in [0.15, 0.2) is 10.6 Å². The Morgan fingerprint density at radius 3 is 2.84 bits per heavy atom. The SMILES string of the molecule is CC(C(=O)NCCc1ccc(Cl)cc1)n1c(-c2cccs2)n[nH]c1=S. The van der Waals surface area contributed by atoms with E-state index in [1.54, 1.807) is 15.9 Å².